The molecule has 3 rings (SSSR count). The number of quaternary nitrogens is 1. The summed E-state index contributed by atoms with van der Waals surface area (Å²) < 4.78 is 5.50. The van der Waals surface area contributed by atoms with Crippen molar-refractivity contribution < 1.29 is 24.2 Å². The van der Waals surface area contributed by atoms with Crippen molar-refractivity contribution in [2.24, 2.45) is 0 Å². The molecule has 1 unspecified atom stereocenters. The zero-order valence-electron chi connectivity index (χ0n) is 14.4. The number of benzene rings is 2. The van der Waals surface area contributed by atoms with E-state index in [2.05, 4.69) is 0 Å². The third kappa shape index (κ3) is 3.46. The van der Waals surface area contributed by atoms with E-state index >= 15 is 0 Å². The Balaban J connectivity index is 1.98. The second-order valence-electron chi connectivity index (χ2n) is 6.27. The Morgan fingerprint density at radius 2 is 2.04 bits per heavy atom. The maximum Gasteiger partial charge on any atom is 0.341 e. The first-order valence-corrected chi connectivity index (χ1v) is 8.12. The van der Waals surface area contributed by atoms with Crippen LogP contribution in [0.1, 0.15) is 5.56 Å². The number of nitrogen functional groups attached to an aromatic ring is 1. The molecule has 1 aliphatic rings. The topological polar surface area (TPSA) is 92.8 Å². The molecule has 2 aromatic carbocycles. The first kappa shape index (κ1) is 17.7. The molecule has 26 heavy (non-hydrogen) atoms. The number of hydrogen-bond donors (Lipinski definition) is 3. The number of aliphatic hydroxyl groups is 1. The molecular formula is C20H21N2O4+. The van der Waals surface area contributed by atoms with Gasteiger partial charge in [-0.05, 0) is 35.9 Å². The highest BCUT2D eigenvalue weighted by molar-refractivity contribution is 5.89. The molecule has 1 heterocycles. The van der Waals surface area contributed by atoms with Gasteiger partial charge >= 0.3 is 5.97 Å². The number of carbonyl (C=O) groups is 1. The lowest BCUT2D eigenvalue weighted by Crippen LogP contribution is -2.36. The summed E-state index contributed by atoms with van der Waals surface area (Å²) in [6.45, 7) is 0.190. The predicted octanol–water partition coefficient (Wildman–Crippen LogP) is 2.71. The zero-order chi connectivity index (χ0) is 18.7. The lowest BCUT2D eigenvalue weighted by molar-refractivity contribution is -0.860. The zero-order valence-corrected chi connectivity index (χ0v) is 14.4. The quantitative estimate of drug-likeness (QED) is 0.548. The molecule has 134 valence electrons. The number of aliphatic carboxylic acids is 1. The van der Waals surface area contributed by atoms with Gasteiger partial charge in [0, 0.05) is 22.9 Å². The lowest BCUT2D eigenvalue weighted by atomic mass is 10.0. The van der Waals surface area contributed by atoms with Crippen molar-refractivity contribution in [2.75, 3.05) is 19.6 Å². The van der Waals surface area contributed by atoms with Gasteiger partial charge < -0.3 is 20.7 Å². The summed E-state index contributed by atoms with van der Waals surface area (Å²) in [5.74, 6) is -0.293. The smallest absolute Gasteiger partial charge is 0.341 e. The van der Waals surface area contributed by atoms with E-state index in [0.29, 0.717) is 18.0 Å². The number of carboxylic acids is 1. The van der Waals surface area contributed by atoms with Crippen LogP contribution in [0.25, 0.3) is 11.1 Å². The minimum absolute atomic E-state index is 0.0321. The predicted molar refractivity (Wildman–Crippen MR) is 98.8 cm³/mol. The first-order valence-electron chi connectivity index (χ1n) is 8.12. The van der Waals surface area contributed by atoms with Crippen molar-refractivity contribution in [1.29, 1.82) is 0 Å². The van der Waals surface area contributed by atoms with Crippen LogP contribution in [-0.2, 0) is 11.3 Å². The van der Waals surface area contributed by atoms with Gasteiger partial charge in [0.25, 0.3) is 0 Å². The van der Waals surface area contributed by atoms with Crippen LogP contribution in [0.5, 0.6) is 5.75 Å². The van der Waals surface area contributed by atoms with Crippen molar-refractivity contribution in [3.05, 3.63) is 72.1 Å². The Labute approximate surface area is 151 Å². The fraction of sp³-hybridized carbons (Fsp3) is 0.150. The highest BCUT2D eigenvalue weighted by Gasteiger charge is 2.30. The van der Waals surface area contributed by atoms with Crippen molar-refractivity contribution in [3.8, 4) is 16.9 Å². The van der Waals surface area contributed by atoms with E-state index in [4.69, 9.17) is 15.6 Å². The van der Waals surface area contributed by atoms with E-state index in [-0.39, 0.29) is 16.8 Å². The Hall–Kier alpha value is -3.09. The van der Waals surface area contributed by atoms with E-state index in [1.54, 1.807) is 19.5 Å². The largest absolute Gasteiger partial charge is 0.496 e. The van der Waals surface area contributed by atoms with Gasteiger partial charge in [-0.1, -0.05) is 12.1 Å². The minimum atomic E-state index is -1.01. The maximum absolute atomic E-state index is 11.2. The maximum atomic E-state index is 11.2. The molecule has 0 bridgehead atoms. The van der Waals surface area contributed by atoms with Gasteiger partial charge in [0.1, 0.15) is 30.3 Å². The average molecular weight is 353 g/mol. The number of anilines is 1. The summed E-state index contributed by atoms with van der Waals surface area (Å²) in [7, 11) is 1.61. The summed E-state index contributed by atoms with van der Waals surface area (Å²) >= 11 is 0. The van der Waals surface area contributed by atoms with Crippen LogP contribution in [0.15, 0.2) is 66.5 Å². The van der Waals surface area contributed by atoms with E-state index in [9.17, 15) is 9.90 Å². The molecule has 0 saturated heterocycles. The number of ether oxygens (including phenoxy) is 1. The second kappa shape index (κ2) is 7.03. The van der Waals surface area contributed by atoms with Gasteiger partial charge in [-0.25, -0.2) is 9.28 Å². The number of carboxylic acid groups (broad SMARTS) is 1. The molecule has 0 aromatic heterocycles. The fourth-order valence-electron chi connectivity index (χ4n) is 3.08. The highest BCUT2D eigenvalue weighted by atomic mass is 16.5. The summed E-state index contributed by atoms with van der Waals surface area (Å²) in [5, 5.41) is 19.0. The SMILES string of the molecule is COc1ccc(C[N+]2(CO)C=CC(C(=O)O)=C2)cc1-c1cccc(N)c1. The number of methoxy groups -OCH3 is 1. The summed E-state index contributed by atoms with van der Waals surface area (Å²) in [6, 6.07) is 13.3. The molecule has 0 fully saturated rings. The van der Waals surface area contributed by atoms with Gasteiger partial charge in [0.15, 0.2) is 6.73 Å². The number of nitrogens with two attached hydrogens (primary N) is 1. The van der Waals surface area contributed by atoms with Gasteiger partial charge in [0.05, 0.1) is 7.11 Å². The molecule has 0 aliphatic carbocycles. The van der Waals surface area contributed by atoms with Crippen molar-refractivity contribution in [1.82, 2.24) is 0 Å². The average Bonchev–Trinajstić information content (AvgIpc) is 3.07. The number of nitrogens with zero attached hydrogens (tertiary/aromatic N) is 1. The molecular weight excluding hydrogens is 332 g/mol. The van der Waals surface area contributed by atoms with Crippen molar-refractivity contribution >= 4 is 11.7 Å². The number of aliphatic hydroxyl groups excluding tert-OH is 1. The Morgan fingerprint density at radius 3 is 2.65 bits per heavy atom. The minimum Gasteiger partial charge on any atom is -0.496 e. The summed E-state index contributed by atoms with van der Waals surface area (Å²) in [4.78, 5) is 11.2. The first-order chi connectivity index (χ1) is 12.5. The van der Waals surface area contributed by atoms with Crippen LogP contribution in [0.4, 0.5) is 5.69 Å². The molecule has 6 nitrogen and oxygen atoms in total. The molecule has 0 saturated carbocycles. The third-order valence-corrected chi connectivity index (χ3v) is 4.40. The van der Waals surface area contributed by atoms with E-state index in [1.807, 2.05) is 42.5 Å². The molecule has 6 heteroatoms. The van der Waals surface area contributed by atoms with Gasteiger partial charge in [-0.3, -0.25) is 0 Å². The third-order valence-electron chi connectivity index (χ3n) is 4.40. The Kier molecular flexibility index (Phi) is 4.79. The molecule has 0 radical (unpaired) electrons. The molecule has 0 amide bonds. The Morgan fingerprint density at radius 1 is 1.23 bits per heavy atom. The monoisotopic (exact) mass is 353 g/mol. The van der Waals surface area contributed by atoms with Gasteiger partial charge in [0.2, 0.25) is 0 Å². The normalized spacial score (nSPS) is 18.6. The van der Waals surface area contributed by atoms with E-state index in [0.717, 1.165) is 16.7 Å². The van der Waals surface area contributed by atoms with Gasteiger partial charge in [-0.15, -0.1) is 0 Å². The molecule has 4 N–H and O–H groups in total. The van der Waals surface area contributed by atoms with E-state index in [1.165, 1.54) is 6.08 Å². The molecule has 1 atom stereocenters. The number of hydrogen-bond acceptors (Lipinski definition) is 4. The number of rotatable bonds is 6. The van der Waals surface area contributed by atoms with E-state index < -0.39 is 5.97 Å². The highest BCUT2D eigenvalue weighted by Crippen LogP contribution is 2.33. The fourth-order valence-corrected chi connectivity index (χ4v) is 3.08. The molecule has 1 aliphatic heterocycles. The van der Waals surface area contributed by atoms with Crippen LogP contribution < -0.4 is 10.5 Å². The molecule has 2 aromatic rings. The van der Waals surface area contributed by atoms with Crippen molar-refractivity contribution in [2.45, 2.75) is 6.54 Å². The van der Waals surface area contributed by atoms with Gasteiger partial charge in [-0.2, -0.15) is 0 Å². The van der Waals surface area contributed by atoms with Crippen LogP contribution in [0, 0.1) is 0 Å². The lowest BCUT2D eigenvalue weighted by Gasteiger charge is -2.26. The standard InChI is InChI=1S/C20H20N2O4/c1-26-19-6-5-14(9-18(19)15-3-2-4-17(21)10-15)11-22(13-23)8-7-16(12-22)20(24)25/h2-10,12,23H,11,13,21H2,1H3/p+1. The Bertz CT molecular complexity index is 904. The van der Waals surface area contributed by atoms with Crippen LogP contribution in [0.2, 0.25) is 0 Å². The summed E-state index contributed by atoms with van der Waals surface area (Å²) in [5.41, 5.74) is 9.47. The van der Waals surface area contributed by atoms with Crippen molar-refractivity contribution in [3.63, 3.8) is 0 Å². The summed E-state index contributed by atoms with van der Waals surface area (Å²) in [6.07, 6.45) is 4.75. The second-order valence-corrected chi connectivity index (χ2v) is 6.27. The van der Waals surface area contributed by atoms with Crippen LogP contribution in [0.3, 0.4) is 0 Å². The molecule has 0 spiro atoms. The van der Waals surface area contributed by atoms with Crippen LogP contribution in [-0.4, -0.2) is 34.5 Å². The van der Waals surface area contributed by atoms with Crippen LogP contribution >= 0.6 is 0 Å².